The smallest absolute Gasteiger partial charge is 0.254 e. The van der Waals surface area contributed by atoms with Crippen molar-refractivity contribution < 1.29 is 4.79 Å². The number of rotatable bonds is 3. The normalized spacial score (nSPS) is 16.4. The van der Waals surface area contributed by atoms with Gasteiger partial charge in [0.25, 0.3) is 5.91 Å². The van der Waals surface area contributed by atoms with Gasteiger partial charge in [0.1, 0.15) is 6.33 Å². The molecule has 0 saturated carbocycles. The second-order valence-corrected chi connectivity index (χ2v) is 7.55. The summed E-state index contributed by atoms with van der Waals surface area (Å²) >= 11 is 0. The minimum atomic E-state index is -0.143. The lowest BCUT2D eigenvalue weighted by atomic mass is 9.99. The fourth-order valence-corrected chi connectivity index (χ4v) is 3.93. The quantitative estimate of drug-likeness (QED) is 0.540. The zero-order valence-corrected chi connectivity index (χ0v) is 16.3. The largest absolute Gasteiger partial charge is 0.326 e. The van der Waals surface area contributed by atoms with E-state index in [0.717, 1.165) is 11.4 Å². The highest BCUT2D eigenvalue weighted by Gasteiger charge is 2.36. The van der Waals surface area contributed by atoms with E-state index in [0.29, 0.717) is 30.1 Å². The number of hydrogen-bond acceptors (Lipinski definition) is 5. The predicted octanol–water partition coefficient (Wildman–Crippen LogP) is 2.84. The average molecular weight is 387 g/mol. The Balaban J connectivity index is 1.52. The summed E-state index contributed by atoms with van der Waals surface area (Å²) in [6, 6.07) is 13.4. The maximum absolute atomic E-state index is 13.4. The molecule has 0 N–H and O–H groups in total. The van der Waals surface area contributed by atoms with Crippen LogP contribution in [0.2, 0.25) is 0 Å². The van der Waals surface area contributed by atoms with Crippen LogP contribution in [0.3, 0.4) is 0 Å². The van der Waals surface area contributed by atoms with Crippen molar-refractivity contribution in [2.24, 2.45) is 5.92 Å². The second-order valence-electron chi connectivity index (χ2n) is 7.55. The highest BCUT2D eigenvalue weighted by atomic mass is 16.2. The summed E-state index contributed by atoms with van der Waals surface area (Å²) in [6.07, 6.45) is 3.24. The molecule has 0 aliphatic carbocycles. The van der Waals surface area contributed by atoms with Crippen LogP contribution in [-0.2, 0) is 6.54 Å². The highest BCUT2D eigenvalue weighted by molar-refractivity contribution is 5.95. The molecule has 8 heteroatoms. The third kappa shape index (κ3) is 2.97. The van der Waals surface area contributed by atoms with Crippen LogP contribution in [0.25, 0.3) is 17.0 Å². The summed E-state index contributed by atoms with van der Waals surface area (Å²) in [5.74, 6) is 1.71. The van der Waals surface area contributed by atoms with Gasteiger partial charge in [-0.05, 0) is 18.1 Å². The maximum atomic E-state index is 13.4. The zero-order valence-electron chi connectivity index (χ0n) is 16.3. The molecule has 4 aromatic rings. The van der Waals surface area contributed by atoms with Crippen LogP contribution in [0.5, 0.6) is 0 Å². The van der Waals surface area contributed by atoms with Gasteiger partial charge in [0.05, 0.1) is 12.6 Å². The van der Waals surface area contributed by atoms with Crippen molar-refractivity contribution in [3.63, 3.8) is 0 Å². The van der Waals surface area contributed by atoms with Crippen LogP contribution in [0, 0.1) is 5.92 Å². The summed E-state index contributed by atoms with van der Waals surface area (Å²) in [5.41, 5.74) is 2.24. The van der Waals surface area contributed by atoms with Gasteiger partial charge < -0.3 is 4.90 Å². The van der Waals surface area contributed by atoms with E-state index in [2.05, 4.69) is 23.9 Å². The van der Waals surface area contributed by atoms with Crippen molar-refractivity contribution in [2.45, 2.75) is 26.4 Å². The molecule has 8 nitrogen and oxygen atoms in total. The van der Waals surface area contributed by atoms with Crippen molar-refractivity contribution in [3.05, 3.63) is 66.4 Å². The molecule has 0 unspecified atom stereocenters. The molecule has 1 aromatic carbocycles. The Bertz CT molecular complexity index is 1180. The fraction of sp³-hybridized carbons (Fsp3) is 0.286. The number of carbonyl (C=O) groups is 1. The molecule has 29 heavy (non-hydrogen) atoms. The number of nitrogens with zero attached hydrogens (tertiary/aromatic N) is 7. The van der Waals surface area contributed by atoms with Crippen molar-refractivity contribution in [1.82, 2.24) is 34.3 Å². The Kier molecular flexibility index (Phi) is 4.12. The zero-order chi connectivity index (χ0) is 20.0. The summed E-state index contributed by atoms with van der Waals surface area (Å²) in [5, 5.41) is 8.80. The number of carbonyl (C=O) groups excluding carboxylic acids is 1. The lowest BCUT2D eigenvalue weighted by Crippen LogP contribution is -2.44. The average Bonchev–Trinajstić information content (AvgIpc) is 3.39. The molecule has 1 amide bonds. The van der Waals surface area contributed by atoms with Crippen LogP contribution in [0.4, 0.5) is 0 Å². The lowest BCUT2D eigenvalue weighted by Gasteiger charge is -2.37. The Hall–Kier alpha value is -3.55. The van der Waals surface area contributed by atoms with Gasteiger partial charge in [-0.2, -0.15) is 10.2 Å². The second kappa shape index (κ2) is 6.80. The van der Waals surface area contributed by atoms with Crippen molar-refractivity contribution in [2.75, 3.05) is 6.54 Å². The monoisotopic (exact) mass is 387 g/mol. The number of amides is 1. The molecule has 0 fully saturated rings. The van der Waals surface area contributed by atoms with Gasteiger partial charge in [-0.15, -0.1) is 0 Å². The maximum Gasteiger partial charge on any atom is 0.254 e. The Morgan fingerprint density at radius 3 is 2.76 bits per heavy atom. The molecule has 0 radical (unpaired) electrons. The summed E-state index contributed by atoms with van der Waals surface area (Å²) in [7, 11) is 0. The van der Waals surface area contributed by atoms with Gasteiger partial charge in [0.2, 0.25) is 0 Å². The molecule has 3 aromatic heterocycles. The Labute approximate surface area is 167 Å². The van der Waals surface area contributed by atoms with Crippen molar-refractivity contribution in [1.29, 1.82) is 0 Å². The molecular weight excluding hydrogens is 366 g/mol. The van der Waals surface area contributed by atoms with Gasteiger partial charge in [-0.25, -0.2) is 19.2 Å². The third-order valence-electron chi connectivity index (χ3n) is 5.31. The summed E-state index contributed by atoms with van der Waals surface area (Å²) in [6.45, 7) is 5.43. The summed E-state index contributed by atoms with van der Waals surface area (Å²) < 4.78 is 3.59. The highest BCUT2D eigenvalue weighted by Crippen LogP contribution is 2.33. The SMILES string of the molecule is CC(C)[C@H]1c2nc(-c3ccccc3)nn2CCN1C(=O)c1ccn2ncnc2c1. The van der Waals surface area contributed by atoms with E-state index >= 15 is 0 Å². The van der Waals surface area contributed by atoms with Gasteiger partial charge in [0, 0.05) is 23.9 Å². The first-order valence-electron chi connectivity index (χ1n) is 9.72. The Morgan fingerprint density at radius 2 is 1.97 bits per heavy atom. The number of hydrogen-bond donors (Lipinski definition) is 0. The van der Waals surface area contributed by atoms with Crippen molar-refractivity contribution in [3.8, 4) is 11.4 Å². The molecule has 1 aliphatic rings. The van der Waals surface area contributed by atoms with E-state index in [-0.39, 0.29) is 17.9 Å². The number of pyridine rings is 1. The van der Waals surface area contributed by atoms with Crippen LogP contribution >= 0.6 is 0 Å². The van der Waals surface area contributed by atoms with E-state index < -0.39 is 0 Å². The van der Waals surface area contributed by atoms with E-state index in [1.807, 2.05) is 39.9 Å². The van der Waals surface area contributed by atoms with Crippen LogP contribution in [0.1, 0.15) is 36.1 Å². The molecule has 146 valence electrons. The first kappa shape index (κ1) is 17.5. The molecular formula is C21H21N7O. The Morgan fingerprint density at radius 1 is 1.14 bits per heavy atom. The van der Waals surface area contributed by atoms with Crippen LogP contribution in [0.15, 0.2) is 55.0 Å². The molecule has 1 aliphatic heterocycles. The van der Waals surface area contributed by atoms with Gasteiger partial charge in [-0.3, -0.25) is 4.79 Å². The third-order valence-corrected chi connectivity index (χ3v) is 5.31. The number of fused-ring (bicyclic) bond motifs is 2. The first-order valence-corrected chi connectivity index (χ1v) is 9.72. The van der Waals surface area contributed by atoms with E-state index in [1.165, 1.54) is 6.33 Å². The van der Waals surface area contributed by atoms with Crippen molar-refractivity contribution >= 4 is 11.6 Å². The first-order chi connectivity index (χ1) is 14.1. The van der Waals surface area contributed by atoms with Gasteiger partial charge in [0.15, 0.2) is 17.3 Å². The lowest BCUT2D eigenvalue weighted by molar-refractivity contribution is 0.0537. The van der Waals surface area contributed by atoms with E-state index in [1.54, 1.807) is 22.8 Å². The summed E-state index contributed by atoms with van der Waals surface area (Å²) in [4.78, 5) is 24.3. The molecule has 0 bridgehead atoms. The molecule has 0 spiro atoms. The van der Waals surface area contributed by atoms with Crippen LogP contribution in [-0.4, -0.2) is 46.7 Å². The van der Waals surface area contributed by atoms with Crippen LogP contribution < -0.4 is 0 Å². The minimum Gasteiger partial charge on any atom is -0.326 e. The number of benzene rings is 1. The predicted molar refractivity (Wildman–Crippen MR) is 107 cm³/mol. The number of aromatic nitrogens is 6. The standard InChI is InChI=1S/C21H21N7O/c1-14(2)18-20-24-19(15-6-4-3-5-7-15)25-28(20)11-10-26(18)21(29)16-8-9-27-17(12-16)22-13-23-27/h3-9,12-14,18H,10-11H2,1-2H3/t18-/m0/s1. The molecule has 0 saturated heterocycles. The fourth-order valence-electron chi connectivity index (χ4n) is 3.93. The minimum absolute atomic E-state index is 0.0234. The van der Waals surface area contributed by atoms with E-state index in [9.17, 15) is 4.79 Å². The molecule has 1 atom stereocenters. The van der Waals surface area contributed by atoms with Gasteiger partial charge in [-0.1, -0.05) is 44.2 Å². The molecule has 5 rings (SSSR count). The van der Waals surface area contributed by atoms with Gasteiger partial charge >= 0.3 is 0 Å². The van der Waals surface area contributed by atoms with E-state index in [4.69, 9.17) is 10.1 Å². The molecule has 4 heterocycles. The topological polar surface area (TPSA) is 81.2 Å².